The maximum absolute atomic E-state index is 6.21. The summed E-state index contributed by atoms with van der Waals surface area (Å²) in [5.41, 5.74) is 1.27. The third kappa shape index (κ3) is 12.9. The quantitative estimate of drug-likeness (QED) is 0.221. The normalized spacial score (nSPS) is 12.7. The van der Waals surface area contributed by atoms with Crippen LogP contribution in [0.1, 0.15) is 89.5 Å². The van der Waals surface area contributed by atoms with Gasteiger partial charge in [-0.05, 0) is 31.2 Å². The standard InChI is InChI=1S/C24H39O/c1-3-5-7-9-10-11-12-17-21-24(20-16-8-6-4-2)25-22-23-18-14-13-15-19-23/h12-15,17-19,24H,1,3-11,16,20-22H2,2H3/b17-12+. The molecule has 1 aromatic carbocycles. The first kappa shape index (κ1) is 22.0. The average molecular weight is 344 g/mol. The van der Waals surface area contributed by atoms with Crippen LogP contribution in [-0.4, -0.2) is 6.10 Å². The third-order valence-electron chi connectivity index (χ3n) is 4.64. The first-order chi connectivity index (χ1) is 12.4. The van der Waals surface area contributed by atoms with Crippen LogP contribution in [-0.2, 0) is 11.3 Å². The molecule has 0 aliphatic heterocycles. The van der Waals surface area contributed by atoms with Crippen LogP contribution >= 0.6 is 0 Å². The molecule has 0 N–H and O–H groups in total. The van der Waals surface area contributed by atoms with E-state index >= 15 is 0 Å². The molecule has 0 saturated carbocycles. The second-order valence-electron chi connectivity index (χ2n) is 7.03. The Morgan fingerprint density at radius 2 is 1.68 bits per heavy atom. The minimum atomic E-state index is 0.361. The lowest BCUT2D eigenvalue weighted by Gasteiger charge is -2.16. The van der Waals surface area contributed by atoms with Gasteiger partial charge in [0.15, 0.2) is 0 Å². The number of rotatable bonds is 16. The summed E-state index contributed by atoms with van der Waals surface area (Å²) >= 11 is 0. The van der Waals surface area contributed by atoms with Gasteiger partial charge in [-0.1, -0.05) is 108 Å². The van der Waals surface area contributed by atoms with E-state index in [-0.39, 0.29) is 0 Å². The summed E-state index contributed by atoms with van der Waals surface area (Å²) in [6, 6.07) is 10.5. The van der Waals surface area contributed by atoms with Gasteiger partial charge in [0.1, 0.15) is 0 Å². The van der Waals surface area contributed by atoms with Gasteiger partial charge in [-0.25, -0.2) is 0 Å². The summed E-state index contributed by atoms with van der Waals surface area (Å²) < 4.78 is 6.21. The topological polar surface area (TPSA) is 9.23 Å². The lowest BCUT2D eigenvalue weighted by Crippen LogP contribution is -2.12. The Morgan fingerprint density at radius 3 is 2.44 bits per heavy atom. The summed E-state index contributed by atoms with van der Waals surface area (Å²) in [6.45, 7) is 6.90. The lowest BCUT2D eigenvalue weighted by molar-refractivity contribution is 0.0353. The summed E-state index contributed by atoms with van der Waals surface area (Å²) in [5.74, 6) is 0. The van der Waals surface area contributed by atoms with Gasteiger partial charge in [-0.3, -0.25) is 0 Å². The number of benzene rings is 1. The Balaban J connectivity index is 2.26. The van der Waals surface area contributed by atoms with Crippen molar-refractivity contribution in [2.24, 2.45) is 0 Å². The highest BCUT2D eigenvalue weighted by Gasteiger charge is 2.07. The van der Waals surface area contributed by atoms with Crippen molar-refractivity contribution in [1.82, 2.24) is 0 Å². The highest BCUT2D eigenvalue weighted by molar-refractivity contribution is 5.13. The van der Waals surface area contributed by atoms with Gasteiger partial charge < -0.3 is 4.74 Å². The predicted octanol–water partition coefficient (Wildman–Crippen LogP) is 7.66. The Morgan fingerprint density at radius 1 is 0.920 bits per heavy atom. The van der Waals surface area contributed by atoms with Gasteiger partial charge in [0, 0.05) is 0 Å². The largest absolute Gasteiger partial charge is 0.373 e. The van der Waals surface area contributed by atoms with Crippen molar-refractivity contribution in [2.45, 2.75) is 96.7 Å². The zero-order valence-corrected chi connectivity index (χ0v) is 16.4. The van der Waals surface area contributed by atoms with E-state index in [4.69, 9.17) is 4.74 Å². The Bertz CT molecular complexity index is 409. The molecule has 1 aromatic rings. The molecular formula is C24H39O. The zero-order valence-electron chi connectivity index (χ0n) is 16.4. The van der Waals surface area contributed by atoms with Crippen LogP contribution in [0.3, 0.4) is 0 Å². The summed E-state index contributed by atoms with van der Waals surface area (Å²) in [5, 5.41) is 0. The summed E-state index contributed by atoms with van der Waals surface area (Å²) in [4.78, 5) is 0. The average Bonchev–Trinajstić information content (AvgIpc) is 2.65. The van der Waals surface area contributed by atoms with E-state index in [1.807, 2.05) is 0 Å². The molecule has 0 saturated heterocycles. The zero-order chi connectivity index (χ0) is 18.0. The molecule has 0 amide bonds. The molecule has 1 rings (SSSR count). The molecule has 1 heteroatoms. The minimum absolute atomic E-state index is 0.361. The molecule has 0 spiro atoms. The number of ether oxygens (including phenoxy) is 1. The molecule has 0 heterocycles. The summed E-state index contributed by atoms with van der Waals surface area (Å²) in [7, 11) is 0. The predicted molar refractivity (Wildman–Crippen MR) is 111 cm³/mol. The highest BCUT2D eigenvalue weighted by atomic mass is 16.5. The number of unbranched alkanes of at least 4 members (excludes halogenated alkanes) is 8. The second-order valence-corrected chi connectivity index (χ2v) is 7.03. The van der Waals surface area contributed by atoms with Crippen LogP contribution in [0, 0.1) is 6.92 Å². The molecule has 0 aromatic heterocycles. The van der Waals surface area contributed by atoms with E-state index in [1.54, 1.807) is 0 Å². The van der Waals surface area contributed by atoms with Crippen LogP contribution in [0.15, 0.2) is 42.5 Å². The van der Waals surface area contributed by atoms with Crippen molar-refractivity contribution in [3.8, 4) is 0 Å². The van der Waals surface area contributed by atoms with E-state index in [9.17, 15) is 0 Å². The minimum Gasteiger partial charge on any atom is -0.373 e. The fourth-order valence-corrected chi connectivity index (χ4v) is 3.01. The van der Waals surface area contributed by atoms with Crippen LogP contribution < -0.4 is 0 Å². The maximum Gasteiger partial charge on any atom is 0.0720 e. The van der Waals surface area contributed by atoms with Crippen LogP contribution in [0.5, 0.6) is 0 Å². The first-order valence-electron chi connectivity index (χ1n) is 10.5. The number of hydrogen-bond donors (Lipinski definition) is 0. The van der Waals surface area contributed by atoms with Crippen molar-refractivity contribution < 1.29 is 4.74 Å². The van der Waals surface area contributed by atoms with Crippen molar-refractivity contribution in [3.63, 3.8) is 0 Å². The van der Waals surface area contributed by atoms with Gasteiger partial charge in [-0.2, -0.15) is 0 Å². The van der Waals surface area contributed by atoms with Crippen molar-refractivity contribution >= 4 is 0 Å². The first-order valence-corrected chi connectivity index (χ1v) is 10.5. The van der Waals surface area contributed by atoms with E-state index < -0.39 is 0 Å². The van der Waals surface area contributed by atoms with E-state index in [1.165, 1.54) is 69.8 Å². The maximum atomic E-state index is 6.21. The van der Waals surface area contributed by atoms with Crippen molar-refractivity contribution in [3.05, 3.63) is 55.0 Å². The van der Waals surface area contributed by atoms with E-state index in [0.717, 1.165) is 19.4 Å². The second kappa shape index (κ2) is 16.4. The van der Waals surface area contributed by atoms with Crippen LogP contribution in [0.4, 0.5) is 0 Å². The molecule has 1 nitrogen and oxygen atoms in total. The SMILES string of the molecule is [CH2]CCCCCC/C=C/CC(CCCCCC)OCc1ccccc1. The Kier molecular flexibility index (Phi) is 14.4. The third-order valence-corrected chi connectivity index (χ3v) is 4.64. The molecular weight excluding hydrogens is 304 g/mol. The van der Waals surface area contributed by atoms with E-state index in [2.05, 4.69) is 56.3 Å². The molecule has 141 valence electrons. The molecule has 0 aliphatic rings. The monoisotopic (exact) mass is 343 g/mol. The van der Waals surface area contributed by atoms with Crippen LogP contribution in [0.2, 0.25) is 0 Å². The molecule has 25 heavy (non-hydrogen) atoms. The van der Waals surface area contributed by atoms with Gasteiger partial charge in [0.25, 0.3) is 0 Å². The van der Waals surface area contributed by atoms with Gasteiger partial charge in [0.05, 0.1) is 12.7 Å². The fourth-order valence-electron chi connectivity index (χ4n) is 3.01. The Hall–Kier alpha value is -1.08. The van der Waals surface area contributed by atoms with E-state index in [0.29, 0.717) is 6.10 Å². The number of hydrogen-bond acceptors (Lipinski definition) is 1. The van der Waals surface area contributed by atoms with Gasteiger partial charge in [-0.15, -0.1) is 0 Å². The smallest absolute Gasteiger partial charge is 0.0720 e. The highest BCUT2D eigenvalue weighted by Crippen LogP contribution is 2.15. The lowest BCUT2D eigenvalue weighted by atomic mass is 10.1. The Labute approximate surface area is 156 Å². The van der Waals surface area contributed by atoms with Gasteiger partial charge in [0.2, 0.25) is 0 Å². The van der Waals surface area contributed by atoms with Crippen molar-refractivity contribution in [1.29, 1.82) is 0 Å². The number of allylic oxidation sites excluding steroid dienone is 1. The van der Waals surface area contributed by atoms with Crippen molar-refractivity contribution in [2.75, 3.05) is 0 Å². The molecule has 1 atom stereocenters. The fraction of sp³-hybridized carbons (Fsp3) is 0.625. The molecule has 0 aliphatic carbocycles. The van der Waals surface area contributed by atoms with Crippen LogP contribution in [0.25, 0.3) is 0 Å². The molecule has 0 fully saturated rings. The summed E-state index contributed by atoms with van der Waals surface area (Å²) in [6.07, 6.45) is 20.1. The van der Waals surface area contributed by atoms with Gasteiger partial charge >= 0.3 is 0 Å². The molecule has 1 radical (unpaired) electrons. The molecule has 0 bridgehead atoms. The molecule has 1 unspecified atom stereocenters.